The van der Waals surface area contributed by atoms with Gasteiger partial charge >= 0.3 is 0 Å². The zero-order valence-corrected chi connectivity index (χ0v) is 10.7. The largest absolute Gasteiger partial charge is 0.396 e. The van der Waals surface area contributed by atoms with E-state index in [0.29, 0.717) is 11.8 Å². The molecule has 0 radical (unpaired) electrons. The van der Waals surface area contributed by atoms with Crippen LogP contribution in [0.5, 0.6) is 0 Å². The predicted molar refractivity (Wildman–Crippen MR) is 67.5 cm³/mol. The summed E-state index contributed by atoms with van der Waals surface area (Å²) in [4.78, 5) is 11.9. The van der Waals surface area contributed by atoms with E-state index in [2.05, 4.69) is 5.32 Å². The number of amides is 1. The summed E-state index contributed by atoms with van der Waals surface area (Å²) in [6.07, 6.45) is 9.33. The van der Waals surface area contributed by atoms with Gasteiger partial charge in [-0.3, -0.25) is 4.79 Å². The van der Waals surface area contributed by atoms with Gasteiger partial charge in [-0.25, -0.2) is 0 Å². The van der Waals surface area contributed by atoms with Crippen LogP contribution in [0.25, 0.3) is 0 Å². The van der Waals surface area contributed by atoms with Gasteiger partial charge in [-0.1, -0.05) is 25.7 Å². The Morgan fingerprint density at radius 3 is 2.24 bits per heavy atom. The van der Waals surface area contributed by atoms with Crippen LogP contribution < -0.4 is 5.32 Å². The zero-order chi connectivity index (χ0) is 12.1. The Kier molecular flexibility index (Phi) is 4.84. The number of nitrogens with one attached hydrogen (secondary N) is 1. The first kappa shape index (κ1) is 12.9. The molecule has 2 atom stereocenters. The maximum atomic E-state index is 11.9. The van der Waals surface area contributed by atoms with E-state index in [4.69, 9.17) is 0 Å². The van der Waals surface area contributed by atoms with Crippen LogP contribution >= 0.6 is 0 Å². The average molecular weight is 239 g/mol. The van der Waals surface area contributed by atoms with Crippen molar-refractivity contribution in [2.24, 2.45) is 17.8 Å². The molecular weight excluding hydrogens is 214 g/mol. The van der Waals surface area contributed by atoms with Gasteiger partial charge in [0.15, 0.2) is 0 Å². The van der Waals surface area contributed by atoms with Crippen LogP contribution in [0.15, 0.2) is 0 Å². The summed E-state index contributed by atoms with van der Waals surface area (Å²) < 4.78 is 0. The minimum absolute atomic E-state index is 0.254. The van der Waals surface area contributed by atoms with Crippen molar-refractivity contribution >= 4 is 5.91 Å². The second-order valence-corrected chi connectivity index (χ2v) is 5.71. The third kappa shape index (κ3) is 3.44. The summed E-state index contributed by atoms with van der Waals surface area (Å²) in [6.45, 7) is 1.06. The Morgan fingerprint density at radius 1 is 1.00 bits per heavy atom. The number of aliphatic hydroxyl groups excluding tert-OH is 1. The summed E-state index contributed by atoms with van der Waals surface area (Å²) in [5.74, 6) is 1.43. The topological polar surface area (TPSA) is 49.3 Å². The lowest BCUT2D eigenvalue weighted by atomic mass is 9.79. The molecule has 2 aliphatic carbocycles. The molecule has 0 spiro atoms. The second kappa shape index (κ2) is 6.39. The van der Waals surface area contributed by atoms with E-state index >= 15 is 0 Å². The van der Waals surface area contributed by atoms with Crippen molar-refractivity contribution < 1.29 is 9.90 Å². The molecule has 2 rings (SSSR count). The molecule has 2 fully saturated rings. The lowest BCUT2D eigenvalue weighted by Gasteiger charge is -2.30. The van der Waals surface area contributed by atoms with Crippen molar-refractivity contribution in [3.63, 3.8) is 0 Å². The highest BCUT2D eigenvalue weighted by Crippen LogP contribution is 2.29. The standard InChI is InChI=1S/C14H25NO2/c16-10-13-8-4-3-7-12(13)9-15-14(17)11-5-1-2-6-11/h11-13,16H,1-10H2,(H,15,17). The molecule has 0 bridgehead atoms. The molecular formula is C14H25NO2. The fourth-order valence-corrected chi connectivity index (χ4v) is 3.36. The van der Waals surface area contributed by atoms with Gasteiger partial charge in [0.1, 0.15) is 0 Å². The molecule has 98 valence electrons. The molecule has 2 N–H and O–H groups in total. The molecule has 0 heterocycles. The van der Waals surface area contributed by atoms with Crippen molar-refractivity contribution in [1.82, 2.24) is 5.32 Å². The minimum atomic E-state index is 0.254. The summed E-state index contributed by atoms with van der Waals surface area (Å²) in [7, 11) is 0. The van der Waals surface area contributed by atoms with Gasteiger partial charge in [-0.15, -0.1) is 0 Å². The normalized spacial score (nSPS) is 30.4. The fourth-order valence-electron chi connectivity index (χ4n) is 3.36. The van der Waals surface area contributed by atoms with Crippen LogP contribution in [0.2, 0.25) is 0 Å². The molecule has 3 nitrogen and oxygen atoms in total. The van der Waals surface area contributed by atoms with Crippen molar-refractivity contribution in [1.29, 1.82) is 0 Å². The fraction of sp³-hybridized carbons (Fsp3) is 0.929. The van der Waals surface area contributed by atoms with Gasteiger partial charge in [-0.05, 0) is 37.5 Å². The third-order valence-corrected chi connectivity index (χ3v) is 4.57. The van der Waals surface area contributed by atoms with Gasteiger partial charge in [-0.2, -0.15) is 0 Å². The van der Waals surface area contributed by atoms with Crippen molar-refractivity contribution in [3.8, 4) is 0 Å². The van der Waals surface area contributed by atoms with E-state index in [1.807, 2.05) is 0 Å². The molecule has 0 aromatic heterocycles. The molecule has 2 unspecified atom stereocenters. The quantitative estimate of drug-likeness (QED) is 0.789. The first-order valence-corrected chi connectivity index (χ1v) is 7.20. The van der Waals surface area contributed by atoms with E-state index in [0.717, 1.165) is 32.2 Å². The Balaban J connectivity index is 1.74. The second-order valence-electron chi connectivity index (χ2n) is 5.71. The lowest BCUT2D eigenvalue weighted by molar-refractivity contribution is -0.125. The zero-order valence-electron chi connectivity index (χ0n) is 10.7. The molecule has 3 heteroatoms. The third-order valence-electron chi connectivity index (χ3n) is 4.57. The molecule has 2 saturated carbocycles. The van der Waals surface area contributed by atoms with Crippen LogP contribution in [0.4, 0.5) is 0 Å². The maximum Gasteiger partial charge on any atom is 0.223 e. The van der Waals surface area contributed by atoms with Crippen LogP contribution in [0, 0.1) is 17.8 Å². The number of carbonyl (C=O) groups excluding carboxylic acids is 1. The van der Waals surface area contributed by atoms with E-state index in [1.165, 1.54) is 25.7 Å². The number of aliphatic hydroxyl groups is 1. The Hall–Kier alpha value is -0.570. The first-order valence-electron chi connectivity index (χ1n) is 7.20. The SMILES string of the molecule is O=C(NCC1CCCCC1CO)C1CCCC1. The van der Waals surface area contributed by atoms with Gasteiger partial charge in [0.25, 0.3) is 0 Å². The molecule has 0 saturated heterocycles. The van der Waals surface area contributed by atoms with Crippen molar-refractivity contribution in [3.05, 3.63) is 0 Å². The predicted octanol–water partition coefficient (Wildman–Crippen LogP) is 2.09. The van der Waals surface area contributed by atoms with Gasteiger partial charge in [0, 0.05) is 19.1 Å². The molecule has 17 heavy (non-hydrogen) atoms. The Labute approximate surface area is 104 Å². The smallest absolute Gasteiger partial charge is 0.223 e. The van der Waals surface area contributed by atoms with Crippen LogP contribution in [-0.4, -0.2) is 24.2 Å². The van der Waals surface area contributed by atoms with Gasteiger partial charge in [0.05, 0.1) is 0 Å². The monoisotopic (exact) mass is 239 g/mol. The molecule has 0 aliphatic heterocycles. The summed E-state index contributed by atoms with van der Waals surface area (Å²) in [5, 5.41) is 12.4. The molecule has 0 aromatic carbocycles. The summed E-state index contributed by atoms with van der Waals surface area (Å²) >= 11 is 0. The number of hydrogen-bond acceptors (Lipinski definition) is 2. The molecule has 1 amide bonds. The van der Waals surface area contributed by atoms with Crippen LogP contribution in [-0.2, 0) is 4.79 Å². The van der Waals surface area contributed by atoms with E-state index in [1.54, 1.807) is 0 Å². The number of rotatable bonds is 4. The highest BCUT2D eigenvalue weighted by atomic mass is 16.3. The first-order chi connectivity index (χ1) is 8.31. The Bertz CT molecular complexity index is 249. The molecule has 0 aromatic rings. The van der Waals surface area contributed by atoms with Crippen molar-refractivity contribution in [2.45, 2.75) is 51.4 Å². The highest BCUT2D eigenvalue weighted by molar-refractivity contribution is 5.78. The minimum Gasteiger partial charge on any atom is -0.396 e. The molecule has 2 aliphatic rings. The summed E-state index contributed by atoms with van der Waals surface area (Å²) in [5.41, 5.74) is 0. The highest BCUT2D eigenvalue weighted by Gasteiger charge is 2.27. The van der Waals surface area contributed by atoms with E-state index in [9.17, 15) is 9.90 Å². The van der Waals surface area contributed by atoms with Crippen LogP contribution in [0.1, 0.15) is 51.4 Å². The maximum absolute atomic E-state index is 11.9. The van der Waals surface area contributed by atoms with Gasteiger partial charge < -0.3 is 10.4 Å². The Morgan fingerprint density at radius 2 is 1.59 bits per heavy atom. The number of carbonyl (C=O) groups is 1. The number of hydrogen-bond donors (Lipinski definition) is 2. The van der Waals surface area contributed by atoms with Crippen LogP contribution in [0.3, 0.4) is 0 Å². The van der Waals surface area contributed by atoms with E-state index < -0.39 is 0 Å². The van der Waals surface area contributed by atoms with Crippen molar-refractivity contribution in [2.75, 3.05) is 13.2 Å². The summed E-state index contributed by atoms with van der Waals surface area (Å²) in [6, 6.07) is 0. The van der Waals surface area contributed by atoms with E-state index in [-0.39, 0.29) is 18.4 Å². The lowest BCUT2D eigenvalue weighted by Crippen LogP contribution is -2.37. The van der Waals surface area contributed by atoms with Gasteiger partial charge in [0.2, 0.25) is 5.91 Å². The average Bonchev–Trinajstić information content (AvgIpc) is 2.90.